The second kappa shape index (κ2) is 12.7. The maximum Gasteiger partial charge on any atom is 0.139 e. The number of hydrogen-bond donors (Lipinski definition) is 0. The zero-order valence-electron chi connectivity index (χ0n) is 17.7. The Morgan fingerprint density at radius 1 is 0.852 bits per heavy atom. The van der Waals surface area contributed by atoms with Gasteiger partial charge in [0, 0.05) is 37.4 Å². The van der Waals surface area contributed by atoms with Crippen LogP contribution in [-0.2, 0) is 14.3 Å². The Hall–Kier alpha value is -0.700. The summed E-state index contributed by atoms with van der Waals surface area (Å²) >= 11 is 0. The van der Waals surface area contributed by atoms with Gasteiger partial charge in [0.2, 0.25) is 0 Å². The van der Waals surface area contributed by atoms with Gasteiger partial charge in [0.05, 0.1) is 0 Å². The molecule has 2 rings (SSSR count). The maximum absolute atomic E-state index is 13.4. The number of carbonyl (C=O) groups excluding carboxylic acids is 2. The van der Waals surface area contributed by atoms with Gasteiger partial charge in [-0.25, -0.2) is 0 Å². The highest BCUT2D eigenvalue weighted by molar-refractivity contribution is 5.92. The van der Waals surface area contributed by atoms with E-state index in [0.717, 1.165) is 77.4 Å². The monoisotopic (exact) mass is 378 g/mol. The van der Waals surface area contributed by atoms with Gasteiger partial charge in [0.15, 0.2) is 0 Å². The molecule has 2 atom stereocenters. The number of rotatable bonds is 9. The summed E-state index contributed by atoms with van der Waals surface area (Å²) in [7, 11) is 0. The average molecular weight is 379 g/mol. The van der Waals surface area contributed by atoms with Crippen LogP contribution in [-0.4, -0.2) is 24.8 Å². The van der Waals surface area contributed by atoms with Gasteiger partial charge < -0.3 is 4.74 Å². The third-order valence-corrected chi connectivity index (χ3v) is 6.92. The lowest BCUT2D eigenvalue weighted by Crippen LogP contribution is -2.43. The van der Waals surface area contributed by atoms with Crippen LogP contribution in [0.4, 0.5) is 0 Å². The molecule has 2 saturated carbocycles. The van der Waals surface area contributed by atoms with Crippen molar-refractivity contribution in [2.75, 3.05) is 13.2 Å². The summed E-state index contributed by atoms with van der Waals surface area (Å²) in [5.74, 6) is 0.835. The molecule has 0 aliphatic heterocycles. The average Bonchev–Trinajstić information content (AvgIpc) is 2.64. The first-order valence-electron chi connectivity index (χ1n) is 11.8. The predicted octanol–water partition coefficient (Wildman–Crippen LogP) is 6.42. The van der Waals surface area contributed by atoms with E-state index in [1.807, 2.05) is 6.92 Å². The molecule has 2 aliphatic carbocycles. The molecule has 0 aromatic rings. The van der Waals surface area contributed by atoms with Crippen molar-refractivity contribution in [1.82, 2.24) is 0 Å². The Labute approximate surface area is 167 Å². The fourth-order valence-corrected chi connectivity index (χ4v) is 5.34. The summed E-state index contributed by atoms with van der Waals surface area (Å²) in [5, 5.41) is 0. The number of hydrogen-bond acceptors (Lipinski definition) is 3. The molecule has 2 unspecified atom stereocenters. The molecule has 0 amide bonds. The highest BCUT2D eigenvalue weighted by atomic mass is 16.5. The van der Waals surface area contributed by atoms with Crippen molar-refractivity contribution < 1.29 is 14.3 Å². The second-order valence-corrected chi connectivity index (χ2v) is 8.83. The Morgan fingerprint density at radius 3 is 2.37 bits per heavy atom. The van der Waals surface area contributed by atoms with E-state index in [-0.39, 0.29) is 11.3 Å². The smallest absolute Gasteiger partial charge is 0.139 e. The van der Waals surface area contributed by atoms with Gasteiger partial charge in [0.1, 0.15) is 11.6 Å². The number of carbonyl (C=O) groups is 2. The quantitative estimate of drug-likeness (QED) is 0.435. The summed E-state index contributed by atoms with van der Waals surface area (Å²) < 4.78 is 5.43. The van der Waals surface area contributed by atoms with Crippen LogP contribution in [0.3, 0.4) is 0 Å². The number of unbranched alkanes of at least 4 members (excludes halogenated alkanes) is 3. The molecule has 3 nitrogen and oxygen atoms in total. The first-order chi connectivity index (χ1) is 13.2. The number of ketones is 2. The van der Waals surface area contributed by atoms with E-state index < -0.39 is 0 Å². The zero-order valence-corrected chi connectivity index (χ0v) is 17.7. The van der Waals surface area contributed by atoms with Gasteiger partial charge in [-0.2, -0.15) is 0 Å². The van der Waals surface area contributed by atoms with Crippen molar-refractivity contribution in [2.45, 2.75) is 116 Å². The predicted molar refractivity (Wildman–Crippen MR) is 111 cm³/mol. The molecule has 2 fully saturated rings. The van der Waals surface area contributed by atoms with Gasteiger partial charge in [-0.3, -0.25) is 9.59 Å². The van der Waals surface area contributed by atoms with Crippen molar-refractivity contribution in [3.8, 4) is 0 Å². The van der Waals surface area contributed by atoms with Crippen molar-refractivity contribution in [1.29, 1.82) is 0 Å². The minimum Gasteiger partial charge on any atom is -0.382 e. The lowest BCUT2D eigenvalue weighted by molar-refractivity contribution is -0.143. The van der Waals surface area contributed by atoms with Crippen LogP contribution in [0.25, 0.3) is 0 Å². The summed E-state index contributed by atoms with van der Waals surface area (Å²) in [5.41, 5.74) is -0.339. The normalized spacial score (nSPS) is 28.3. The standard InChI is InChI=1S/C24H42O3/c1-2-27-20-14-8-7-13-19-24(18-12-6-5-11-17-23(24)26)21-15-9-3-4-10-16-22(21)25/h21H,2-20H2,1H3. The van der Waals surface area contributed by atoms with E-state index in [2.05, 4.69) is 0 Å². The van der Waals surface area contributed by atoms with Gasteiger partial charge in [0.25, 0.3) is 0 Å². The summed E-state index contributed by atoms with van der Waals surface area (Å²) in [6.45, 7) is 3.68. The van der Waals surface area contributed by atoms with Gasteiger partial charge in [-0.1, -0.05) is 57.8 Å². The Kier molecular flexibility index (Phi) is 10.6. The third-order valence-electron chi connectivity index (χ3n) is 6.92. The van der Waals surface area contributed by atoms with Crippen LogP contribution in [0.15, 0.2) is 0 Å². The minimum atomic E-state index is -0.339. The summed E-state index contributed by atoms with van der Waals surface area (Å²) in [6, 6.07) is 0. The molecule has 0 aromatic heterocycles. The van der Waals surface area contributed by atoms with E-state index in [0.29, 0.717) is 24.4 Å². The molecule has 3 heteroatoms. The Balaban J connectivity index is 2.04. The Morgan fingerprint density at radius 2 is 1.56 bits per heavy atom. The van der Waals surface area contributed by atoms with Gasteiger partial charge in [-0.05, 0) is 45.4 Å². The SMILES string of the molecule is CCOCCCCCCC1(C2CCCCCCC2=O)CCCCCCC1=O. The highest BCUT2D eigenvalue weighted by Gasteiger charge is 2.46. The highest BCUT2D eigenvalue weighted by Crippen LogP contribution is 2.46. The minimum absolute atomic E-state index is 0.00632. The van der Waals surface area contributed by atoms with Gasteiger partial charge >= 0.3 is 0 Å². The lowest BCUT2D eigenvalue weighted by Gasteiger charge is -2.41. The van der Waals surface area contributed by atoms with Crippen LogP contribution in [0.2, 0.25) is 0 Å². The number of ether oxygens (including phenoxy) is 1. The van der Waals surface area contributed by atoms with Crippen molar-refractivity contribution >= 4 is 11.6 Å². The number of Topliss-reactive ketones (excluding diaryl/α,β-unsaturated/α-hetero) is 2. The largest absolute Gasteiger partial charge is 0.382 e. The fraction of sp³-hybridized carbons (Fsp3) is 0.917. The maximum atomic E-state index is 13.4. The molecule has 27 heavy (non-hydrogen) atoms. The van der Waals surface area contributed by atoms with E-state index in [4.69, 9.17) is 4.74 Å². The van der Waals surface area contributed by atoms with E-state index >= 15 is 0 Å². The molecule has 156 valence electrons. The summed E-state index contributed by atoms with van der Waals surface area (Å²) in [4.78, 5) is 26.4. The van der Waals surface area contributed by atoms with Crippen LogP contribution >= 0.6 is 0 Å². The van der Waals surface area contributed by atoms with Crippen LogP contribution in [0, 0.1) is 11.3 Å². The van der Waals surface area contributed by atoms with Crippen LogP contribution in [0.1, 0.15) is 116 Å². The van der Waals surface area contributed by atoms with Crippen LogP contribution in [0.5, 0.6) is 0 Å². The molecular formula is C24H42O3. The third kappa shape index (κ3) is 7.00. The topological polar surface area (TPSA) is 43.4 Å². The van der Waals surface area contributed by atoms with Crippen molar-refractivity contribution in [2.24, 2.45) is 11.3 Å². The van der Waals surface area contributed by atoms with E-state index in [1.165, 1.54) is 32.1 Å². The first-order valence-corrected chi connectivity index (χ1v) is 11.8. The second-order valence-electron chi connectivity index (χ2n) is 8.83. The van der Waals surface area contributed by atoms with E-state index in [1.54, 1.807) is 0 Å². The molecule has 0 saturated heterocycles. The van der Waals surface area contributed by atoms with Crippen molar-refractivity contribution in [3.05, 3.63) is 0 Å². The molecule has 0 heterocycles. The van der Waals surface area contributed by atoms with Gasteiger partial charge in [-0.15, -0.1) is 0 Å². The molecule has 0 aromatic carbocycles. The van der Waals surface area contributed by atoms with E-state index in [9.17, 15) is 9.59 Å². The zero-order chi connectivity index (χ0) is 19.4. The molecule has 0 bridgehead atoms. The molecule has 2 aliphatic rings. The Bertz CT molecular complexity index is 445. The first kappa shape index (κ1) is 22.6. The van der Waals surface area contributed by atoms with Crippen LogP contribution < -0.4 is 0 Å². The van der Waals surface area contributed by atoms with Crippen molar-refractivity contribution in [3.63, 3.8) is 0 Å². The molecule has 0 N–H and O–H groups in total. The molecular weight excluding hydrogens is 336 g/mol. The molecule has 0 spiro atoms. The summed E-state index contributed by atoms with van der Waals surface area (Å²) in [6.07, 6.45) is 17.9. The lowest BCUT2D eigenvalue weighted by atomic mass is 9.60. The molecule has 0 radical (unpaired) electrons. The fourth-order valence-electron chi connectivity index (χ4n) is 5.34.